The van der Waals surface area contributed by atoms with Crippen LogP contribution >= 0.6 is 0 Å². The Morgan fingerprint density at radius 1 is 0.379 bits per heavy atom. The van der Waals surface area contributed by atoms with Crippen molar-refractivity contribution in [3.63, 3.8) is 0 Å². The number of hydrogen-bond donors (Lipinski definition) is 0. The Bertz CT molecular complexity index is 3160. The molecule has 3 heterocycles. The molecule has 10 rings (SSSR count). The average Bonchev–Trinajstić information content (AvgIpc) is 3.40. The molecule has 10 aromatic rings. The third-order valence-electron chi connectivity index (χ3n) is 11.9. The molecule has 7 aromatic carbocycles. The van der Waals surface area contributed by atoms with Gasteiger partial charge >= 0.3 is 20.1 Å². The normalized spacial score (nSPS) is 11.8. The van der Waals surface area contributed by atoms with E-state index in [-0.39, 0.29) is 25.7 Å². The largest absolute Gasteiger partial charge is 3.00 e. The van der Waals surface area contributed by atoms with Gasteiger partial charge in [-0.2, -0.15) is 0 Å². The van der Waals surface area contributed by atoms with Gasteiger partial charge in [0.2, 0.25) is 0 Å². The van der Waals surface area contributed by atoms with E-state index in [4.69, 9.17) is 4.11 Å². The maximum atomic E-state index is 7.89. The molecule has 0 saturated carbocycles. The van der Waals surface area contributed by atoms with Gasteiger partial charge in [0, 0.05) is 22.7 Å². The van der Waals surface area contributed by atoms with Gasteiger partial charge in [0.15, 0.2) is 0 Å². The smallest absolute Gasteiger partial charge is 0.305 e. The Hall–Kier alpha value is -7.36. The van der Waals surface area contributed by atoms with Crippen molar-refractivity contribution in [1.82, 2.24) is 15.0 Å². The van der Waals surface area contributed by atoms with Crippen molar-refractivity contribution in [2.24, 2.45) is 0 Å². The predicted molar refractivity (Wildman–Crippen MR) is 267 cm³/mol. The fraction of sp³-hybridized carbons (Fsp3) is 0.0806. The molecule has 3 nitrogen and oxygen atoms in total. The van der Waals surface area contributed by atoms with Gasteiger partial charge in [0.1, 0.15) is 0 Å². The van der Waals surface area contributed by atoms with Gasteiger partial charge in [-0.25, -0.2) is 0 Å². The average molecular weight is 1030 g/mol. The molecular weight excluding hydrogens is 979 g/mol. The molecule has 0 saturated heterocycles. The van der Waals surface area contributed by atoms with E-state index in [0.717, 1.165) is 98.3 Å². The molecule has 0 atom stereocenters. The minimum absolute atomic E-state index is 0. The van der Waals surface area contributed by atoms with E-state index in [0.29, 0.717) is 5.69 Å². The molecule has 0 fully saturated rings. The summed E-state index contributed by atoms with van der Waals surface area (Å²) in [6.07, 6.45) is 8.54. The molecule has 3 aromatic heterocycles. The Balaban J connectivity index is 0.00000593. The van der Waals surface area contributed by atoms with Crippen molar-refractivity contribution in [2.45, 2.75) is 32.5 Å². The summed E-state index contributed by atoms with van der Waals surface area (Å²) in [4.78, 5) is 13.6. The molecule has 0 spiro atoms. The molecule has 0 aliphatic rings. The summed E-state index contributed by atoms with van der Waals surface area (Å²) in [5.74, 6) is 0. The van der Waals surface area contributed by atoms with E-state index in [1.165, 1.54) is 28.5 Å². The van der Waals surface area contributed by atoms with Gasteiger partial charge in [0.25, 0.3) is 0 Å². The van der Waals surface area contributed by atoms with Crippen molar-refractivity contribution in [1.29, 1.82) is 0 Å². The summed E-state index contributed by atoms with van der Waals surface area (Å²) in [5.41, 5.74) is 19.2. The van der Waals surface area contributed by atoms with Gasteiger partial charge in [-0.05, 0) is 93.4 Å². The molecule has 318 valence electrons. The summed E-state index contributed by atoms with van der Waals surface area (Å²) in [6, 6.07) is 77.6. The van der Waals surface area contributed by atoms with Gasteiger partial charge in [-0.3, -0.25) is 0 Å². The van der Waals surface area contributed by atoms with Crippen LogP contribution in [0, 0.1) is 25.1 Å². The second kappa shape index (κ2) is 20.6. The molecule has 0 aliphatic heterocycles. The SMILES string of the molecule is [2H]C([2H])([2H])c1ccc(-c2[c-]cc(-c3ccccc3-c3cc(CCc4c[c-]c(-c5ccccn5)cc4)cc(CCc4c[c-]c(-c5ccccn5)cc4)c3)c(-c3ccc(-c4ccccc4)cc3)c2)nc1.[Ir+3]. The van der Waals surface area contributed by atoms with Crippen LogP contribution in [0.25, 0.3) is 78.3 Å². The van der Waals surface area contributed by atoms with Crippen molar-refractivity contribution in [3.8, 4) is 78.3 Å². The van der Waals surface area contributed by atoms with Crippen molar-refractivity contribution < 1.29 is 24.2 Å². The molecule has 0 amide bonds. The van der Waals surface area contributed by atoms with E-state index in [2.05, 4.69) is 173 Å². The zero-order valence-corrected chi connectivity index (χ0v) is 38.6. The monoisotopic (exact) mass is 1030 g/mol. The summed E-state index contributed by atoms with van der Waals surface area (Å²) >= 11 is 0. The van der Waals surface area contributed by atoms with Gasteiger partial charge in [-0.15, -0.1) is 94.5 Å². The first-order valence-corrected chi connectivity index (χ1v) is 22.1. The molecule has 4 heteroatoms. The molecule has 0 aliphatic carbocycles. The first-order valence-electron chi connectivity index (χ1n) is 23.6. The van der Waals surface area contributed by atoms with Crippen LogP contribution in [0.15, 0.2) is 213 Å². The zero-order chi connectivity index (χ0) is 46.3. The van der Waals surface area contributed by atoms with Gasteiger partial charge < -0.3 is 15.0 Å². The minimum atomic E-state index is -2.24. The standard InChI is InChI=1S/C62H46N3.Ir/c1-44-17-36-62(65-43-44)54-34-35-58(59(42-54)51-32-30-50(31-33-51)49-11-3-2-4-12-49)57-14-6-5-13-56(57)55-40-47(20-18-45-22-26-52(27-23-45)60-15-7-9-37-63-60)39-48(41-55)21-19-46-24-28-53(29-25-46)61-16-8-10-38-64-61;/h2-17,22-26,28,30-33,35-43H,18-21H2,1H3;/q-3;+3/i1D3;. The summed E-state index contributed by atoms with van der Waals surface area (Å²) < 4.78 is 23.7. The molecule has 0 N–H and O–H groups in total. The number of aryl methyl sites for hydroxylation is 5. The number of hydrogen-bond acceptors (Lipinski definition) is 3. The summed E-state index contributed by atoms with van der Waals surface area (Å²) in [7, 11) is 0. The third kappa shape index (κ3) is 10.3. The molecular formula is C62H46IrN3. The van der Waals surface area contributed by atoms with E-state index in [1.807, 2.05) is 54.9 Å². The maximum absolute atomic E-state index is 7.89. The van der Waals surface area contributed by atoms with Crippen molar-refractivity contribution >= 4 is 0 Å². The number of pyridine rings is 3. The predicted octanol–water partition coefficient (Wildman–Crippen LogP) is 14.8. The second-order valence-electron chi connectivity index (χ2n) is 16.3. The fourth-order valence-electron chi connectivity index (χ4n) is 8.47. The van der Waals surface area contributed by atoms with E-state index < -0.39 is 6.85 Å². The van der Waals surface area contributed by atoms with Crippen LogP contribution < -0.4 is 0 Å². The number of benzene rings is 7. The van der Waals surface area contributed by atoms with E-state index in [9.17, 15) is 0 Å². The van der Waals surface area contributed by atoms with Crippen LogP contribution in [0.5, 0.6) is 0 Å². The van der Waals surface area contributed by atoms with Crippen molar-refractivity contribution in [3.05, 3.63) is 259 Å². The maximum Gasteiger partial charge on any atom is 3.00 e. The molecule has 66 heavy (non-hydrogen) atoms. The molecule has 0 radical (unpaired) electrons. The van der Waals surface area contributed by atoms with Crippen molar-refractivity contribution in [2.75, 3.05) is 0 Å². The Morgan fingerprint density at radius 2 is 0.924 bits per heavy atom. The minimum Gasteiger partial charge on any atom is -0.305 e. The topological polar surface area (TPSA) is 38.7 Å². The first kappa shape index (κ1) is 40.2. The van der Waals surface area contributed by atoms with Crippen LogP contribution in [0.2, 0.25) is 0 Å². The molecule has 0 bridgehead atoms. The number of aromatic nitrogens is 3. The second-order valence-corrected chi connectivity index (χ2v) is 16.3. The van der Waals surface area contributed by atoms with Crippen LogP contribution in [0.3, 0.4) is 0 Å². The fourth-order valence-corrected chi connectivity index (χ4v) is 8.47. The Morgan fingerprint density at radius 3 is 1.48 bits per heavy atom. The number of nitrogens with zero attached hydrogens (tertiary/aromatic N) is 3. The van der Waals surface area contributed by atoms with E-state index in [1.54, 1.807) is 12.1 Å². The van der Waals surface area contributed by atoms with Gasteiger partial charge in [0.05, 0.1) is 0 Å². The summed E-state index contributed by atoms with van der Waals surface area (Å²) in [6.45, 7) is -2.24. The van der Waals surface area contributed by atoms with Gasteiger partial charge in [-0.1, -0.05) is 163 Å². The summed E-state index contributed by atoms with van der Waals surface area (Å²) in [5, 5.41) is 0. The Kier molecular flexibility index (Phi) is 12.6. The third-order valence-corrected chi connectivity index (χ3v) is 11.9. The van der Waals surface area contributed by atoms with E-state index >= 15 is 0 Å². The first-order chi connectivity index (χ1) is 33.3. The molecule has 0 unspecified atom stereocenters. The van der Waals surface area contributed by atoms with Crippen LogP contribution in [-0.2, 0) is 45.8 Å². The van der Waals surface area contributed by atoms with Crippen LogP contribution in [0.4, 0.5) is 0 Å². The van der Waals surface area contributed by atoms with Crippen LogP contribution in [-0.4, -0.2) is 15.0 Å². The zero-order valence-electron chi connectivity index (χ0n) is 39.2. The Labute approximate surface area is 406 Å². The quantitative estimate of drug-likeness (QED) is 0.108. The van der Waals surface area contributed by atoms with Crippen LogP contribution in [0.1, 0.15) is 31.9 Å². The number of rotatable bonds is 13.